The summed E-state index contributed by atoms with van der Waals surface area (Å²) in [6, 6.07) is 19.3. The summed E-state index contributed by atoms with van der Waals surface area (Å²) in [5.41, 5.74) is 4.06. The molecule has 0 aliphatic heterocycles. The van der Waals surface area contributed by atoms with Gasteiger partial charge in [-0.1, -0.05) is 36.4 Å². The largest absolute Gasteiger partial charge is 0.507 e. The normalized spacial score (nSPS) is 10.3. The summed E-state index contributed by atoms with van der Waals surface area (Å²) >= 11 is 1.39. The van der Waals surface area contributed by atoms with Gasteiger partial charge in [-0.05, 0) is 54.6 Å². The van der Waals surface area contributed by atoms with Crippen molar-refractivity contribution in [3.05, 3.63) is 100 Å². The van der Waals surface area contributed by atoms with E-state index in [0.717, 1.165) is 32.9 Å². The van der Waals surface area contributed by atoms with Crippen LogP contribution < -0.4 is 0 Å². The Hall–Kier alpha value is -2.19. The second-order valence-electron chi connectivity index (χ2n) is 7.00. The molecule has 0 fully saturated rings. The zero-order valence-corrected chi connectivity index (χ0v) is 21.1. The number of thiophene rings is 1. The van der Waals surface area contributed by atoms with Crippen LogP contribution in [0.3, 0.4) is 0 Å². The summed E-state index contributed by atoms with van der Waals surface area (Å²) in [4.78, 5) is 21.4. The molecule has 0 bridgehead atoms. The van der Waals surface area contributed by atoms with Gasteiger partial charge in [-0.25, -0.2) is 0 Å². The van der Waals surface area contributed by atoms with Gasteiger partial charge in [0.1, 0.15) is 5.75 Å². The Kier molecular flexibility index (Phi) is 7.88. The Labute approximate surface area is 218 Å². The van der Waals surface area contributed by atoms with E-state index in [1.54, 1.807) is 31.5 Å². The van der Waals surface area contributed by atoms with Crippen molar-refractivity contribution in [3.63, 3.8) is 0 Å². The molecule has 0 unspecified atom stereocenters. The van der Waals surface area contributed by atoms with E-state index in [9.17, 15) is 9.90 Å². The Morgan fingerprint density at radius 3 is 2.03 bits per heavy atom. The molecule has 0 atom stereocenters. The predicted octanol–water partition coefficient (Wildman–Crippen LogP) is 6.08. The van der Waals surface area contributed by atoms with Crippen molar-refractivity contribution in [2.24, 2.45) is 0 Å². The number of ketones is 1. The molecule has 5 rings (SSSR count). The van der Waals surface area contributed by atoms with E-state index in [2.05, 4.69) is 34.2 Å². The number of hydrogen-bond donors (Lipinski definition) is 1. The summed E-state index contributed by atoms with van der Waals surface area (Å²) < 4.78 is 0. The van der Waals surface area contributed by atoms with Crippen molar-refractivity contribution in [2.45, 2.75) is 13.8 Å². The molecule has 0 saturated carbocycles. The molecule has 0 aliphatic rings. The van der Waals surface area contributed by atoms with Crippen molar-refractivity contribution in [1.82, 2.24) is 9.97 Å². The molecule has 4 nitrogen and oxygen atoms in total. The molecule has 0 radical (unpaired) electrons. The van der Waals surface area contributed by atoms with Gasteiger partial charge >= 0.3 is 0 Å². The van der Waals surface area contributed by atoms with E-state index in [-0.39, 0.29) is 53.3 Å². The van der Waals surface area contributed by atoms with Gasteiger partial charge in [-0.15, -0.1) is 11.3 Å². The van der Waals surface area contributed by atoms with Gasteiger partial charge in [0.15, 0.2) is 0 Å². The van der Waals surface area contributed by atoms with Gasteiger partial charge in [0.05, 0.1) is 21.5 Å². The molecule has 152 valence electrons. The number of hydrogen-bond acceptors (Lipinski definition) is 5. The standard InChI is InChI=1S/C13H12O2S.C12H8N2.Ce/c1-8-6-9(2)12(14)10(7-8)13(15)11-4-3-5-16-11;1-3-9-5-6-10-4-2-8-14-12(10)11(9)13-7-1;/h3-7,14H,1-2H3;1-8H;. The molecule has 3 heterocycles. The number of aryl methyl sites for hydroxylation is 2. The number of nitrogens with zero attached hydrogens (tertiary/aromatic N) is 2. The minimum atomic E-state index is -0.112. The van der Waals surface area contributed by atoms with E-state index in [0.29, 0.717) is 10.4 Å². The first-order chi connectivity index (χ1) is 14.5. The minimum Gasteiger partial charge on any atom is -0.507 e. The van der Waals surface area contributed by atoms with Crippen LogP contribution in [-0.4, -0.2) is 20.9 Å². The number of phenols is 1. The SMILES string of the molecule is Cc1cc(C)c(O)c(C(=O)c2cccs2)c1.[Ce].c1cnc2c(c1)ccc1cccnc12. The second kappa shape index (κ2) is 10.4. The summed E-state index contributed by atoms with van der Waals surface area (Å²) in [6.07, 6.45) is 3.60. The Bertz CT molecular complexity index is 1300. The fraction of sp³-hybridized carbons (Fsp3) is 0.0800. The maximum Gasteiger partial charge on any atom is 0.206 e. The number of aromatic nitrogens is 2. The van der Waals surface area contributed by atoms with E-state index < -0.39 is 0 Å². The monoisotopic (exact) mass is 552 g/mol. The first kappa shape index (κ1) is 23.5. The summed E-state index contributed by atoms with van der Waals surface area (Å²) in [6.45, 7) is 3.71. The molecule has 31 heavy (non-hydrogen) atoms. The van der Waals surface area contributed by atoms with E-state index in [1.165, 1.54) is 11.3 Å². The van der Waals surface area contributed by atoms with Crippen LogP contribution in [0.4, 0.5) is 0 Å². The van der Waals surface area contributed by atoms with Crippen molar-refractivity contribution in [3.8, 4) is 5.75 Å². The van der Waals surface area contributed by atoms with E-state index in [4.69, 9.17) is 0 Å². The molecule has 3 aromatic heterocycles. The smallest absolute Gasteiger partial charge is 0.206 e. The van der Waals surface area contributed by atoms with Crippen LogP contribution in [0.15, 0.2) is 78.4 Å². The van der Waals surface area contributed by atoms with Crippen molar-refractivity contribution in [2.75, 3.05) is 0 Å². The first-order valence-electron chi connectivity index (χ1n) is 9.51. The van der Waals surface area contributed by atoms with Gasteiger partial charge < -0.3 is 5.11 Å². The molecular formula is C25H20CeN2O2S. The summed E-state index contributed by atoms with van der Waals surface area (Å²) in [7, 11) is 0. The van der Waals surface area contributed by atoms with Crippen molar-refractivity contribution in [1.29, 1.82) is 0 Å². The molecule has 0 spiro atoms. The molecule has 0 saturated heterocycles. The predicted molar refractivity (Wildman–Crippen MR) is 122 cm³/mol. The topological polar surface area (TPSA) is 63.1 Å². The van der Waals surface area contributed by atoms with Gasteiger partial charge in [-0.3, -0.25) is 14.8 Å². The maximum atomic E-state index is 12.1. The van der Waals surface area contributed by atoms with Gasteiger partial charge in [0.2, 0.25) is 5.78 Å². The van der Waals surface area contributed by atoms with Crippen LogP contribution in [0.25, 0.3) is 21.8 Å². The van der Waals surface area contributed by atoms with Gasteiger partial charge in [0, 0.05) is 64.9 Å². The Morgan fingerprint density at radius 2 is 1.48 bits per heavy atom. The van der Waals surface area contributed by atoms with Gasteiger partial charge in [-0.2, -0.15) is 0 Å². The third-order valence-corrected chi connectivity index (χ3v) is 5.65. The minimum absolute atomic E-state index is 0. The van der Waals surface area contributed by atoms with Crippen LogP contribution >= 0.6 is 11.3 Å². The Morgan fingerprint density at radius 1 is 0.871 bits per heavy atom. The average Bonchev–Trinajstić information content (AvgIpc) is 3.31. The van der Waals surface area contributed by atoms with Crippen molar-refractivity contribution >= 4 is 38.9 Å². The van der Waals surface area contributed by atoms with E-state index >= 15 is 0 Å². The maximum absolute atomic E-state index is 12.1. The molecule has 0 amide bonds. The zero-order chi connectivity index (χ0) is 21.1. The summed E-state index contributed by atoms with van der Waals surface area (Å²) in [5, 5.41) is 14.0. The number of carbonyl (C=O) groups excluding carboxylic acids is 1. The molecular weight excluding hydrogens is 532 g/mol. The average molecular weight is 553 g/mol. The number of pyridine rings is 2. The van der Waals surface area contributed by atoms with Gasteiger partial charge in [0.25, 0.3) is 0 Å². The molecule has 2 aromatic carbocycles. The fourth-order valence-corrected chi connectivity index (χ4v) is 4.03. The Balaban J connectivity index is 0.000000171. The molecule has 6 heteroatoms. The van der Waals surface area contributed by atoms with Crippen LogP contribution in [0.5, 0.6) is 5.75 Å². The zero-order valence-electron chi connectivity index (χ0n) is 17.2. The van der Waals surface area contributed by atoms with Crippen LogP contribution in [0.1, 0.15) is 26.4 Å². The quantitative estimate of drug-likeness (QED) is 0.213. The number of phenolic OH excluding ortho intramolecular Hbond substituents is 1. The fourth-order valence-electron chi connectivity index (χ4n) is 3.35. The van der Waals surface area contributed by atoms with Crippen LogP contribution in [0.2, 0.25) is 0 Å². The van der Waals surface area contributed by atoms with Crippen LogP contribution in [0, 0.1) is 55.6 Å². The molecule has 5 aromatic rings. The number of fused-ring (bicyclic) bond motifs is 3. The molecule has 1 N–H and O–H groups in total. The molecule has 0 aliphatic carbocycles. The number of rotatable bonds is 2. The van der Waals surface area contributed by atoms with Crippen LogP contribution in [-0.2, 0) is 0 Å². The third kappa shape index (κ3) is 5.18. The number of carbonyl (C=O) groups is 1. The van der Waals surface area contributed by atoms with E-state index in [1.807, 2.05) is 36.6 Å². The van der Waals surface area contributed by atoms with Crippen molar-refractivity contribution < 1.29 is 51.6 Å². The second-order valence-corrected chi connectivity index (χ2v) is 7.95. The summed E-state index contributed by atoms with van der Waals surface area (Å²) in [5.74, 6) is -0.0247. The third-order valence-electron chi connectivity index (χ3n) is 4.78. The first-order valence-corrected chi connectivity index (χ1v) is 10.4. The number of aromatic hydroxyl groups is 1. The number of benzene rings is 2.